The van der Waals surface area contributed by atoms with Crippen LogP contribution in [0.5, 0.6) is 0 Å². The van der Waals surface area contributed by atoms with Gasteiger partial charge in [0.15, 0.2) is 0 Å². The smallest absolute Gasteiger partial charge is 0.323 e. The van der Waals surface area contributed by atoms with Gasteiger partial charge < -0.3 is 15.7 Å². The summed E-state index contributed by atoms with van der Waals surface area (Å²) in [4.78, 5) is 25.3. The molecule has 0 spiro atoms. The van der Waals surface area contributed by atoms with Crippen LogP contribution in [0.25, 0.3) is 0 Å². The van der Waals surface area contributed by atoms with Crippen molar-refractivity contribution in [1.82, 2.24) is 4.90 Å². The molecule has 1 rings (SSSR count). The van der Waals surface area contributed by atoms with Crippen LogP contribution in [0.1, 0.15) is 39.7 Å². The Morgan fingerprint density at radius 2 is 1.81 bits per heavy atom. The fraction of sp³-hybridized carbons (Fsp3) is 0.500. The third-order valence-electron chi connectivity index (χ3n) is 3.86. The van der Waals surface area contributed by atoms with Crippen molar-refractivity contribution >= 4 is 17.6 Å². The summed E-state index contributed by atoms with van der Waals surface area (Å²) in [5.74, 6) is -1.19. The molecule has 0 radical (unpaired) electrons. The highest BCUT2D eigenvalue weighted by Gasteiger charge is 2.36. The van der Waals surface area contributed by atoms with E-state index in [1.54, 1.807) is 26.0 Å². The highest BCUT2D eigenvalue weighted by Crippen LogP contribution is 2.27. The van der Waals surface area contributed by atoms with Gasteiger partial charge in [-0.25, -0.2) is 0 Å². The zero-order valence-corrected chi connectivity index (χ0v) is 13.1. The molecule has 0 aliphatic heterocycles. The zero-order chi connectivity index (χ0) is 16.2. The molecule has 0 aliphatic rings. The number of carboxylic acids is 1. The van der Waals surface area contributed by atoms with Crippen LogP contribution in [0.4, 0.5) is 5.69 Å². The van der Waals surface area contributed by atoms with Crippen LogP contribution in [0, 0.1) is 0 Å². The molecule has 1 unspecified atom stereocenters. The van der Waals surface area contributed by atoms with Crippen LogP contribution in [-0.4, -0.2) is 34.5 Å². The third kappa shape index (κ3) is 3.97. The Kier molecular flexibility index (Phi) is 5.35. The molecule has 0 saturated carbocycles. The van der Waals surface area contributed by atoms with E-state index in [2.05, 4.69) is 0 Å². The molecule has 1 atom stereocenters. The van der Waals surface area contributed by atoms with Crippen LogP contribution in [0.3, 0.4) is 0 Å². The Labute approximate surface area is 125 Å². The fourth-order valence-corrected chi connectivity index (χ4v) is 2.18. The number of benzene rings is 1. The van der Waals surface area contributed by atoms with Gasteiger partial charge in [-0.3, -0.25) is 9.59 Å². The lowest BCUT2D eigenvalue weighted by molar-refractivity contribution is -0.148. The first-order valence-electron chi connectivity index (χ1n) is 7.09. The van der Waals surface area contributed by atoms with E-state index in [0.29, 0.717) is 12.1 Å². The number of nitrogens with zero attached hydrogens (tertiary/aromatic N) is 1. The van der Waals surface area contributed by atoms with Crippen molar-refractivity contribution < 1.29 is 14.7 Å². The summed E-state index contributed by atoms with van der Waals surface area (Å²) in [5, 5.41) is 9.04. The standard InChI is InChI=1S/C16H24N2O3/c1-5-11(2)18(10-14(19)20)15(21)16(3,4)12-6-8-13(17)9-7-12/h6-9,11H,5,10,17H2,1-4H3,(H,19,20). The number of hydrogen-bond donors (Lipinski definition) is 2. The van der Waals surface area contributed by atoms with Crippen molar-refractivity contribution in [3.05, 3.63) is 29.8 Å². The first-order valence-corrected chi connectivity index (χ1v) is 7.09. The molecule has 116 valence electrons. The molecule has 5 nitrogen and oxygen atoms in total. The molecule has 1 aromatic carbocycles. The summed E-state index contributed by atoms with van der Waals surface area (Å²) in [6.07, 6.45) is 0.705. The second-order valence-corrected chi connectivity index (χ2v) is 5.83. The van der Waals surface area contributed by atoms with E-state index >= 15 is 0 Å². The largest absolute Gasteiger partial charge is 0.480 e. The number of carboxylic acid groups (broad SMARTS) is 1. The van der Waals surface area contributed by atoms with Gasteiger partial charge in [0.05, 0.1) is 5.41 Å². The topological polar surface area (TPSA) is 83.6 Å². The van der Waals surface area contributed by atoms with Gasteiger partial charge in [-0.15, -0.1) is 0 Å². The number of nitrogen functional groups attached to an aromatic ring is 1. The fourth-order valence-electron chi connectivity index (χ4n) is 2.18. The van der Waals surface area contributed by atoms with Gasteiger partial charge in [0.1, 0.15) is 6.54 Å². The number of aliphatic carboxylic acids is 1. The number of amides is 1. The summed E-state index contributed by atoms with van der Waals surface area (Å²) in [6.45, 7) is 7.12. The number of carbonyl (C=O) groups is 2. The van der Waals surface area contributed by atoms with E-state index in [9.17, 15) is 9.59 Å². The van der Waals surface area contributed by atoms with E-state index in [4.69, 9.17) is 10.8 Å². The molecule has 1 aromatic rings. The monoisotopic (exact) mass is 292 g/mol. The molecule has 21 heavy (non-hydrogen) atoms. The summed E-state index contributed by atoms with van der Waals surface area (Å²) in [6, 6.07) is 6.98. The number of rotatable bonds is 6. The minimum Gasteiger partial charge on any atom is -0.480 e. The van der Waals surface area contributed by atoms with Crippen molar-refractivity contribution in [2.45, 2.75) is 45.6 Å². The summed E-state index contributed by atoms with van der Waals surface area (Å²) < 4.78 is 0. The van der Waals surface area contributed by atoms with Crippen molar-refractivity contribution in [3.63, 3.8) is 0 Å². The van der Waals surface area contributed by atoms with Crippen molar-refractivity contribution in [2.75, 3.05) is 12.3 Å². The van der Waals surface area contributed by atoms with E-state index in [1.165, 1.54) is 4.90 Å². The molecule has 0 aromatic heterocycles. The lowest BCUT2D eigenvalue weighted by atomic mass is 9.82. The Morgan fingerprint density at radius 1 is 1.29 bits per heavy atom. The first kappa shape index (κ1) is 17.0. The number of carbonyl (C=O) groups excluding carboxylic acids is 1. The Balaban J connectivity index is 3.10. The first-order chi connectivity index (χ1) is 9.70. The van der Waals surface area contributed by atoms with Crippen molar-refractivity contribution in [3.8, 4) is 0 Å². The average molecular weight is 292 g/mol. The molecular weight excluding hydrogens is 268 g/mol. The van der Waals surface area contributed by atoms with E-state index in [-0.39, 0.29) is 18.5 Å². The Hall–Kier alpha value is -2.04. The summed E-state index contributed by atoms with van der Waals surface area (Å²) in [7, 11) is 0. The number of nitrogens with two attached hydrogens (primary N) is 1. The van der Waals surface area contributed by atoms with Crippen LogP contribution in [0.15, 0.2) is 24.3 Å². The number of anilines is 1. The Bertz CT molecular complexity index is 509. The maximum Gasteiger partial charge on any atom is 0.323 e. The molecule has 0 aliphatic carbocycles. The van der Waals surface area contributed by atoms with Gasteiger partial charge in [0.2, 0.25) is 5.91 Å². The molecule has 0 heterocycles. The number of hydrogen-bond acceptors (Lipinski definition) is 3. The second kappa shape index (κ2) is 6.61. The SMILES string of the molecule is CCC(C)N(CC(=O)O)C(=O)C(C)(C)c1ccc(N)cc1. The van der Waals surface area contributed by atoms with Gasteiger partial charge in [-0.1, -0.05) is 19.1 Å². The molecule has 1 amide bonds. The van der Waals surface area contributed by atoms with E-state index < -0.39 is 11.4 Å². The van der Waals surface area contributed by atoms with Crippen LogP contribution in [0.2, 0.25) is 0 Å². The van der Waals surface area contributed by atoms with Crippen molar-refractivity contribution in [2.24, 2.45) is 0 Å². The summed E-state index contributed by atoms with van der Waals surface area (Å²) >= 11 is 0. The maximum atomic E-state index is 12.8. The van der Waals surface area contributed by atoms with Gasteiger partial charge in [-0.2, -0.15) is 0 Å². The zero-order valence-electron chi connectivity index (χ0n) is 13.1. The predicted molar refractivity (Wildman–Crippen MR) is 83.0 cm³/mol. The lowest BCUT2D eigenvalue weighted by Crippen LogP contribution is -2.49. The predicted octanol–water partition coefficient (Wildman–Crippen LogP) is 2.26. The quantitative estimate of drug-likeness (QED) is 0.788. The van der Waals surface area contributed by atoms with Gasteiger partial charge in [0, 0.05) is 11.7 Å². The minimum atomic E-state index is -1.00. The lowest BCUT2D eigenvalue weighted by Gasteiger charge is -2.35. The third-order valence-corrected chi connectivity index (χ3v) is 3.86. The average Bonchev–Trinajstić information content (AvgIpc) is 2.43. The normalized spacial score (nSPS) is 12.8. The highest BCUT2D eigenvalue weighted by molar-refractivity contribution is 5.90. The van der Waals surface area contributed by atoms with Crippen molar-refractivity contribution in [1.29, 1.82) is 0 Å². The molecular formula is C16H24N2O3. The van der Waals surface area contributed by atoms with Gasteiger partial charge in [0.25, 0.3) is 0 Å². The van der Waals surface area contributed by atoms with Crippen LogP contribution >= 0.6 is 0 Å². The minimum absolute atomic E-state index is 0.123. The summed E-state index contributed by atoms with van der Waals surface area (Å²) in [5.41, 5.74) is 6.32. The van der Waals surface area contributed by atoms with E-state index in [1.807, 2.05) is 26.0 Å². The molecule has 0 saturated heterocycles. The molecule has 3 N–H and O–H groups in total. The second-order valence-electron chi connectivity index (χ2n) is 5.83. The van der Waals surface area contributed by atoms with Crippen LogP contribution < -0.4 is 5.73 Å². The van der Waals surface area contributed by atoms with Gasteiger partial charge in [-0.05, 0) is 44.9 Å². The Morgan fingerprint density at radius 3 is 2.24 bits per heavy atom. The molecule has 5 heteroatoms. The van der Waals surface area contributed by atoms with E-state index in [0.717, 1.165) is 5.56 Å². The highest BCUT2D eigenvalue weighted by atomic mass is 16.4. The van der Waals surface area contributed by atoms with Gasteiger partial charge >= 0.3 is 5.97 Å². The molecule has 0 fully saturated rings. The van der Waals surface area contributed by atoms with Crippen LogP contribution in [-0.2, 0) is 15.0 Å². The molecule has 0 bridgehead atoms. The maximum absolute atomic E-state index is 12.8.